The van der Waals surface area contributed by atoms with Gasteiger partial charge in [-0.2, -0.15) is 11.3 Å². The van der Waals surface area contributed by atoms with Crippen molar-refractivity contribution in [1.82, 2.24) is 14.8 Å². The number of rotatable bonds is 3. The van der Waals surface area contributed by atoms with Gasteiger partial charge in [-0.05, 0) is 47.3 Å². The van der Waals surface area contributed by atoms with Crippen LogP contribution in [0.15, 0.2) is 23.2 Å². The Bertz CT molecular complexity index is 396. The molecular formula is C9H10ClN3S. The molecule has 14 heavy (non-hydrogen) atoms. The fraction of sp³-hybridized carbons (Fsp3) is 0.333. The van der Waals surface area contributed by atoms with Gasteiger partial charge in [-0.3, -0.25) is 0 Å². The minimum atomic E-state index is 0.298. The summed E-state index contributed by atoms with van der Waals surface area (Å²) in [6, 6.07) is 2.42. The third-order valence-electron chi connectivity index (χ3n) is 2.12. The number of aromatic nitrogens is 3. The molecule has 0 aliphatic heterocycles. The van der Waals surface area contributed by atoms with Gasteiger partial charge in [0.1, 0.15) is 6.33 Å². The molecule has 5 heteroatoms. The topological polar surface area (TPSA) is 30.7 Å². The average Bonchev–Trinajstić information content (AvgIpc) is 2.75. The van der Waals surface area contributed by atoms with Gasteiger partial charge in [0.15, 0.2) is 0 Å². The molecule has 0 radical (unpaired) electrons. The maximum atomic E-state index is 5.87. The van der Waals surface area contributed by atoms with Gasteiger partial charge >= 0.3 is 0 Å². The van der Waals surface area contributed by atoms with E-state index in [0.29, 0.717) is 11.3 Å². The molecule has 1 atom stereocenters. The Hall–Kier alpha value is -0.870. The zero-order valence-electron chi connectivity index (χ0n) is 7.72. The van der Waals surface area contributed by atoms with Crippen LogP contribution in [0.25, 0.3) is 0 Å². The Morgan fingerprint density at radius 1 is 1.64 bits per heavy atom. The van der Waals surface area contributed by atoms with E-state index in [0.717, 1.165) is 6.42 Å². The first-order valence-corrected chi connectivity index (χ1v) is 5.65. The van der Waals surface area contributed by atoms with Crippen molar-refractivity contribution in [2.75, 3.05) is 0 Å². The van der Waals surface area contributed by atoms with Crippen molar-refractivity contribution in [3.05, 3.63) is 34.0 Å². The van der Waals surface area contributed by atoms with E-state index in [4.69, 9.17) is 11.6 Å². The zero-order valence-corrected chi connectivity index (χ0v) is 9.29. The van der Waals surface area contributed by atoms with Crippen LogP contribution >= 0.6 is 22.9 Å². The van der Waals surface area contributed by atoms with Crippen molar-refractivity contribution in [1.29, 1.82) is 0 Å². The van der Waals surface area contributed by atoms with Crippen molar-refractivity contribution in [2.45, 2.75) is 19.4 Å². The van der Waals surface area contributed by atoms with Gasteiger partial charge in [0.2, 0.25) is 5.28 Å². The molecule has 0 spiro atoms. The van der Waals surface area contributed by atoms with Crippen LogP contribution in [0.4, 0.5) is 0 Å². The van der Waals surface area contributed by atoms with Crippen LogP contribution in [0.5, 0.6) is 0 Å². The van der Waals surface area contributed by atoms with Crippen LogP contribution in [0, 0.1) is 0 Å². The number of hydrogen-bond acceptors (Lipinski definition) is 3. The molecular weight excluding hydrogens is 218 g/mol. The second kappa shape index (κ2) is 4.11. The summed E-state index contributed by atoms with van der Waals surface area (Å²) in [4.78, 5) is 0. The minimum Gasteiger partial charge on any atom is -0.301 e. The lowest BCUT2D eigenvalue weighted by atomic mass is 10.1. The van der Waals surface area contributed by atoms with Crippen LogP contribution < -0.4 is 0 Å². The molecule has 2 rings (SSSR count). The Balaban J connectivity index is 2.10. The Morgan fingerprint density at radius 3 is 3.07 bits per heavy atom. The predicted molar refractivity (Wildman–Crippen MR) is 57.8 cm³/mol. The smallest absolute Gasteiger partial charge is 0.225 e. The summed E-state index contributed by atoms with van der Waals surface area (Å²) in [6.07, 6.45) is 2.63. The van der Waals surface area contributed by atoms with E-state index in [9.17, 15) is 0 Å². The van der Waals surface area contributed by atoms with E-state index in [2.05, 4.69) is 33.9 Å². The Labute approximate surface area is 91.4 Å². The lowest BCUT2D eigenvalue weighted by Gasteiger charge is -2.11. The summed E-state index contributed by atoms with van der Waals surface area (Å²) in [5.41, 5.74) is 1.33. The first-order chi connectivity index (χ1) is 6.77. The van der Waals surface area contributed by atoms with Gasteiger partial charge in [0.25, 0.3) is 0 Å². The van der Waals surface area contributed by atoms with Crippen LogP contribution in [0.2, 0.25) is 5.28 Å². The average molecular weight is 228 g/mol. The highest BCUT2D eigenvalue weighted by Gasteiger charge is 2.09. The van der Waals surface area contributed by atoms with Crippen molar-refractivity contribution < 1.29 is 0 Å². The Morgan fingerprint density at radius 2 is 2.50 bits per heavy atom. The Kier molecular flexibility index (Phi) is 2.84. The molecule has 0 aromatic carbocycles. The van der Waals surface area contributed by atoms with E-state index >= 15 is 0 Å². The van der Waals surface area contributed by atoms with Gasteiger partial charge < -0.3 is 4.57 Å². The van der Waals surface area contributed by atoms with Gasteiger partial charge in [0, 0.05) is 6.04 Å². The molecule has 0 bridgehead atoms. The van der Waals surface area contributed by atoms with Crippen LogP contribution in [-0.2, 0) is 6.42 Å². The molecule has 1 unspecified atom stereocenters. The van der Waals surface area contributed by atoms with Gasteiger partial charge in [0.05, 0.1) is 0 Å². The molecule has 2 aromatic heterocycles. The first kappa shape index (κ1) is 9.68. The van der Waals surface area contributed by atoms with E-state index in [1.165, 1.54) is 5.56 Å². The van der Waals surface area contributed by atoms with E-state index in [1.807, 2.05) is 4.57 Å². The van der Waals surface area contributed by atoms with Crippen LogP contribution in [0.1, 0.15) is 18.5 Å². The second-order valence-electron chi connectivity index (χ2n) is 3.19. The van der Waals surface area contributed by atoms with Gasteiger partial charge in [-0.1, -0.05) is 0 Å². The largest absolute Gasteiger partial charge is 0.301 e. The molecule has 0 aliphatic carbocycles. The molecule has 0 amide bonds. The normalized spacial score (nSPS) is 13.0. The molecule has 0 fully saturated rings. The molecule has 2 aromatic rings. The third-order valence-corrected chi connectivity index (χ3v) is 3.12. The molecule has 0 saturated heterocycles. The summed E-state index contributed by atoms with van der Waals surface area (Å²) in [7, 11) is 0. The van der Waals surface area contributed by atoms with Gasteiger partial charge in [-0.25, -0.2) is 0 Å². The summed E-state index contributed by atoms with van der Waals surface area (Å²) >= 11 is 7.58. The van der Waals surface area contributed by atoms with E-state index < -0.39 is 0 Å². The number of thiophene rings is 1. The molecule has 0 saturated carbocycles. The second-order valence-corrected chi connectivity index (χ2v) is 4.31. The summed E-state index contributed by atoms with van der Waals surface area (Å²) in [5.74, 6) is 0. The summed E-state index contributed by atoms with van der Waals surface area (Å²) in [6.45, 7) is 2.10. The third kappa shape index (κ3) is 1.96. The lowest BCUT2D eigenvalue weighted by molar-refractivity contribution is 0.544. The van der Waals surface area contributed by atoms with E-state index in [-0.39, 0.29) is 0 Å². The minimum absolute atomic E-state index is 0.298. The maximum Gasteiger partial charge on any atom is 0.225 e. The highest BCUT2D eigenvalue weighted by Crippen LogP contribution is 2.18. The highest BCUT2D eigenvalue weighted by molar-refractivity contribution is 7.07. The van der Waals surface area contributed by atoms with Crippen molar-refractivity contribution in [3.63, 3.8) is 0 Å². The lowest BCUT2D eigenvalue weighted by Crippen LogP contribution is -2.06. The predicted octanol–water partition coefficient (Wildman–Crippen LogP) is 2.80. The SMILES string of the molecule is CC(Cc1ccsc1)n1cnnc1Cl. The number of hydrogen-bond donors (Lipinski definition) is 0. The highest BCUT2D eigenvalue weighted by atomic mass is 35.5. The van der Waals surface area contributed by atoms with Crippen LogP contribution in [0.3, 0.4) is 0 Å². The van der Waals surface area contributed by atoms with Crippen molar-refractivity contribution >= 4 is 22.9 Å². The molecule has 2 heterocycles. The van der Waals surface area contributed by atoms with E-state index in [1.54, 1.807) is 17.7 Å². The van der Waals surface area contributed by atoms with Crippen molar-refractivity contribution in [3.8, 4) is 0 Å². The quantitative estimate of drug-likeness (QED) is 0.808. The summed E-state index contributed by atoms with van der Waals surface area (Å²) < 4.78 is 1.87. The summed E-state index contributed by atoms with van der Waals surface area (Å²) in [5, 5.41) is 12.2. The maximum absolute atomic E-state index is 5.87. The number of halogens is 1. The van der Waals surface area contributed by atoms with Crippen molar-refractivity contribution in [2.24, 2.45) is 0 Å². The first-order valence-electron chi connectivity index (χ1n) is 4.33. The monoisotopic (exact) mass is 227 g/mol. The zero-order chi connectivity index (χ0) is 9.97. The molecule has 0 N–H and O–H groups in total. The standard InChI is InChI=1S/C9H10ClN3S/c1-7(4-8-2-3-14-5-8)13-6-11-12-9(13)10/h2-3,5-7H,4H2,1H3. The molecule has 74 valence electrons. The molecule has 3 nitrogen and oxygen atoms in total. The molecule has 0 aliphatic rings. The van der Waals surface area contributed by atoms with Crippen LogP contribution in [-0.4, -0.2) is 14.8 Å². The fourth-order valence-corrected chi connectivity index (χ4v) is 2.31. The fourth-order valence-electron chi connectivity index (χ4n) is 1.37. The van der Waals surface area contributed by atoms with Gasteiger partial charge in [-0.15, -0.1) is 10.2 Å². The number of nitrogens with zero attached hydrogens (tertiary/aromatic N) is 3.